The minimum Gasteiger partial charge on any atom is -0.497 e. The summed E-state index contributed by atoms with van der Waals surface area (Å²) >= 11 is 0. The first kappa shape index (κ1) is 18.6. The molecule has 1 aromatic carbocycles. The summed E-state index contributed by atoms with van der Waals surface area (Å²) in [4.78, 5) is 4.64. The Bertz CT molecular complexity index is 697. The molecule has 1 aromatic heterocycles. The SMILES string of the molecule is CCNC(=NCc1ccc(OC)cc1OC)NCCc1cnn(C)c1. The quantitative estimate of drug-likeness (QED) is 0.563. The van der Waals surface area contributed by atoms with Crippen molar-refractivity contribution in [1.82, 2.24) is 20.4 Å². The molecule has 0 fully saturated rings. The van der Waals surface area contributed by atoms with E-state index < -0.39 is 0 Å². The highest BCUT2D eigenvalue weighted by molar-refractivity contribution is 5.79. The molecule has 0 aliphatic rings. The van der Waals surface area contributed by atoms with E-state index in [4.69, 9.17) is 9.47 Å². The molecule has 7 heteroatoms. The van der Waals surface area contributed by atoms with Crippen molar-refractivity contribution in [2.75, 3.05) is 27.3 Å². The van der Waals surface area contributed by atoms with Crippen molar-refractivity contribution in [2.24, 2.45) is 12.0 Å². The number of aryl methyl sites for hydroxylation is 1. The minimum absolute atomic E-state index is 0.523. The Hall–Kier alpha value is -2.70. The Morgan fingerprint density at radius 2 is 2.08 bits per heavy atom. The van der Waals surface area contributed by atoms with Crippen LogP contribution >= 0.6 is 0 Å². The molecular weight excluding hydrogens is 318 g/mol. The van der Waals surface area contributed by atoms with Crippen molar-refractivity contribution < 1.29 is 9.47 Å². The molecule has 25 heavy (non-hydrogen) atoms. The van der Waals surface area contributed by atoms with Crippen LogP contribution in [0.5, 0.6) is 11.5 Å². The van der Waals surface area contributed by atoms with Gasteiger partial charge in [0.25, 0.3) is 0 Å². The van der Waals surface area contributed by atoms with Gasteiger partial charge in [-0.05, 0) is 31.0 Å². The first-order valence-corrected chi connectivity index (χ1v) is 8.36. The molecule has 1 heterocycles. The van der Waals surface area contributed by atoms with E-state index in [0.29, 0.717) is 6.54 Å². The number of nitrogens with zero attached hydrogens (tertiary/aromatic N) is 3. The maximum absolute atomic E-state index is 5.42. The van der Waals surface area contributed by atoms with Crippen LogP contribution in [0.15, 0.2) is 35.6 Å². The average molecular weight is 345 g/mol. The van der Waals surface area contributed by atoms with Crippen LogP contribution in [-0.2, 0) is 20.0 Å². The van der Waals surface area contributed by atoms with Gasteiger partial charge in [-0.25, -0.2) is 4.99 Å². The number of benzene rings is 1. The maximum atomic E-state index is 5.42. The normalized spacial score (nSPS) is 11.3. The van der Waals surface area contributed by atoms with E-state index >= 15 is 0 Å². The number of aliphatic imine (C=N–C) groups is 1. The van der Waals surface area contributed by atoms with Gasteiger partial charge in [0.15, 0.2) is 5.96 Å². The van der Waals surface area contributed by atoms with Crippen LogP contribution in [0.3, 0.4) is 0 Å². The molecule has 2 N–H and O–H groups in total. The van der Waals surface area contributed by atoms with Gasteiger partial charge in [0.2, 0.25) is 0 Å². The average Bonchev–Trinajstić information content (AvgIpc) is 3.04. The number of methoxy groups -OCH3 is 2. The summed E-state index contributed by atoms with van der Waals surface area (Å²) in [5, 5.41) is 10.8. The molecule has 136 valence electrons. The number of rotatable bonds is 8. The van der Waals surface area contributed by atoms with Crippen LogP contribution in [0.2, 0.25) is 0 Å². The third-order valence-electron chi connectivity index (χ3n) is 3.71. The first-order valence-electron chi connectivity index (χ1n) is 8.36. The Kier molecular flexibility index (Phi) is 7.13. The molecule has 2 rings (SSSR count). The third kappa shape index (κ3) is 5.70. The molecular formula is C18H27N5O2. The zero-order valence-corrected chi connectivity index (χ0v) is 15.4. The monoisotopic (exact) mass is 345 g/mol. The van der Waals surface area contributed by atoms with E-state index in [-0.39, 0.29) is 0 Å². The number of hydrogen-bond acceptors (Lipinski definition) is 4. The fraction of sp³-hybridized carbons (Fsp3) is 0.444. The highest BCUT2D eigenvalue weighted by Crippen LogP contribution is 2.25. The lowest BCUT2D eigenvalue weighted by Crippen LogP contribution is -2.38. The van der Waals surface area contributed by atoms with E-state index in [2.05, 4.69) is 20.7 Å². The number of nitrogens with one attached hydrogen (secondary N) is 2. The fourth-order valence-corrected chi connectivity index (χ4v) is 2.41. The standard InChI is InChI=1S/C18H27N5O2/c1-5-19-18(20-9-8-14-11-22-23(2)13-14)21-12-15-6-7-16(24-3)10-17(15)25-4/h6-7,10-11,13H,5,8-9,12H2,1-4H3,(H2,19,20,21). The van der Waals surface area contributed by atoms with Crippen LogP contribution < -0.4 is 20.1 Å². The molecule has 0 amide bonds. The summed E-state index contributed by atoms with van der Waals surface area (Å²) in [5.41, 5.74) is 2.20. The summed E-state index contributed by atoms with van der Waals surface area (Å²) in [6.45, 7) is 4.16. The lowest BCUT2D eigenvalue weighted by molar-refractivity contribution is 0.391. The largest absolute Gasteiger partial charge is 0.497 e. The van der Waals surface area contributed by atoms with Gasteiger partial charge >= 0.3 is 0 Å². The molecule has 0 unspecified atom stereocenters. The predicted molar refractivity (Wildman–Crippen MR) is 99.3 cm³/mol. The lowest BCUT2D eigenvalue weighted by atomic mass is 10.2. The zero-order valence-electron chi connectivity index (χ0n) is 15.4. The Labute approximate surface area is 149 Å². The Morgan fingerprint density at radius 3 is 2.72 bits per heavy atom. The van der Waals surface area contributed by atoms with Crippen LogP contribution in [0, 0.1) is 0 Å². The molecule has 0 atom stereocenters. The Balaban J connectivity index is 1.96. The molecule has 2 aromatic rings. The number of guanidine groups is 1. The van der Waals surface area contributed by atoms with Crippen molar-refractivity contribution >= 4 is 5.96 Å². The van der Waals surface area contributed by atoms with Crippen LogP contribution in [0.1, 0.15) is 18.1 Å². The first-order chi connectivity index (χ1) is 12.2. The highest BCUT2D eigenvalue weighted by Gasteiger charge is 2.05. The summed E-state index contributed by atoms with van der Waals surface area (Å²) in [5.74, 6) is 2.32. The van der Waals surface area contributed by atoms with Gasteiger partial charge in [0, 0.05) is 38.0 Å². The van der Waals surface area contributed by atoms with Crippen molar-refractivity contribution in [2.45, 2.75) is 19.9 Å². The van der Waals surface area contributed by atoms with E-state index in [1.165, 1.54) is 5.56 Å². The summed E-state index contributed by atoms with van der Waals surface area (Å²) in [6.07, 6.45) is 4.80. The van der Waals surface area contributed by atoms with Crippen LogP contribution in [0.4, 0.5) is 0 Å². The summed E-state index contributed by atoms with van der Waals surface area (Å²) in [6, 6.07) is 5.75. The summed E-state index contributed by atoms with van der Waals surface area (Å²) < 4.78 is 12.5. The number of aromatic nitrogens is 2. The smallest absolute Gasteiger partial charge is 0.191 e. The minimum atomic E-state index is 0.523. The van der Waals surface area contributed by atoms with Gasteiger partial charge in [-0.2, -0.15) is 5.10 Å². The van der Waals surface area contributed by atoms with Gasteiger partial charge in [0.1, 0.15) is 11.5 Å². The van der Waals surface area contributed by atoms with E-state index in [1.807, 2.05) is 49.2 Å². The number of hydrogen-bond donors (Lipinski definition) is 2. The lowest BCUT2D eigenvalue weighted by Gasteiger charge is -2.12. The summed E-state index contributed by atoms with van der Waals surface area (Å²) in [7, 11) is 5.21. The molecule has 0 aliphatic heterocycles. The van der Waals surface area contributed by atoms with Gasteiger partial charge in [-0.1, -0.05) is 0 Å². The van der Waals surface area contributed by atoms with Gasteiger partial charge in [-0.3, -0.25) is 4.68 Å². The fourth-order valence-electron chi connectivity index (χ4n) is 2.41. The maximum Gasteiger partial charge on any atom is 0.191 e. The van der Waals surface area contributed by atoms with Crippen LogP contribution in [-0.4, -0.2) is 43.0 Å². The second-order valence-corrected chi connectivity index (χ2v) is 5.57. The third-order valence-corrected chi connectivity index (χ3v) is 3.71. The van der Waals surface area contributed by atoms with Crippen molar-refractivity contribution in [3.8, 4) is 11.5 Å². The highest BCUT2D eigenvalue weighted by atomic mass is 16.5. The second kappa shape index (κ2) is 9.56. The van der Waals surface area contributed by atoms with Gasteiger partial charge < -0.3 is 20.1 Å². The molecule has 0 bridgehead atoms. The van der Waals surface area contributed by atoms with Crippen LogP contribution in [0.25, 0.3) is 0 Å². The molecule has 0 aliphatic carbocycles. The topological polar surface area (TPSA) is 72.7 Å². The van der Waals surface area contributed by atoms with Gasteiger partial charge in [-0.15, -0.1) is 0 Å². The molecule has 0 spiro atoms. The van der Waals surface area contributed by atoms with E-state index in [1.54, 1.807) is 14.2 Å². The molecule has 0 saturated carbocycles. The Morgan fingerprint density at radius 1 is 1.24 bits per heavy atom. The van der Waals surface area contributed by atoms with Crippen molar-refractivity contribution in [3.05, 3.63) is 41.7 Å². The van der Waals surface area contributed by atoms with E-state index in [9.17, 15) is 0 Å². The molecule has 7 nitrogen and oxygen atoms in total. The predicted octanol–water partition coefficient (Wildman–Crippen LogP) is 1.74. The number of ether oxygens (including phenoxy) is 2. The molecule has 0 radical (unpaired) electrons. The van der Waals surface area contributed by atoms with E-state index in [0.717, 1.165) is 42.5 Å². The van der Waals surface area contributed by atoms with Crippen molar-refractivity contribution in [3.63, 3.8) is 0 Å². The zero-order chi connectivity index (χ0) is 18.1. The van der Waals surface area contributed by atoms with Gasteiger partial charge in [0.05, 0.1) is 27.0 Å². The second-order valence-electron chi connectivity index (χ2n) is 5.57. The molecule has 0 saturated heterocycles. The van der Waals surface area contributed by atoms with Crippen molar-refractivity contribution in [1.29, 1.82) is 0 Å².